The number of likely N-dealkylation sites (tertiary alicyclic amines) is 1. The van der Waals surface area contributed by atoms with Crippen molar-refractivity contribution in [3.8, 4) is 0 Å². The number of hydrogen-bond acceptors (Lipinski definition) is 5. The van der Waals surface area contributed by atoms with E-state index < -0.39 is 0 Å². The molecule has 1 amide bonds. The lowest BCUT2D eigenvalue weighted by atomic mass is 9.89. The van der Waals surface area contributed by atoms with Crippen LogP contribution in [-0.4, -0.2) is 33.9 Å². The SMILES string of the molecule is C[C@@H]1CCc2c(sc3nc([C@H](C)N4CCC(C(N)=O)CC4)[nH]c(=O)c23)C1. The summed E-state index contributed by atoms with van der Waals surface area (Å²) in [5.41, 5.74) is 6.64. The first-order valence-electron chi connectivity index (χ1n) is 9.52. The summed E-state index contributed by atoms with van der Waals surface area (Å²) in [5.74, 6) is 1.17. The van der Waals surface area contributed by atoms with Gasteiger partial charge in [0.25, 0.3) is 5.56 Å². The minimum Gasteiger partial charge on any atom is -0.369 e. The Hall–Kier alpha value is -1.73. The highest BCUT2D eigenvalue weighted by molar-refractivity contribution is 7.18. The number of thiophene rings is 1. The molecule has 2 aliphatic rings. The Labute approximate surface area is 156 Å². The van der Waals surface area contributed by atoms with Crippen LogP contribution in [0.15, 0.2) is 4.79 Å². The first-order chi connectivity index (χ1) is 12.4. The van der Waals surface area contributed by atoms with Crippen LogP contribution >= 0.6 is 11.3 Å². The molecule has 0 bridgehead atoms. The molecular formula is C19H26N4O2S. The maximum atomic E-state index is 12.8. The van der Waals surface area contributed by atoms with Gasteiger partial charge < -0.3 is 10.7 Å². The predicted octanol–water partition coefficient (Wildman–Crippen LogP) is 2.37. The number of hydrogen-bond donors (Lipinski definition) is 2. The van der Waals surface area contributed by atoms with E-state index in [0.717, 1.165) is 61.2 Å². The molecule has 2 aromatic heterocycles. The van der Waals surface area contributed by atoms with Crippen LogP contribution in [0.1, 0.15) is 55.4 Å². The van der Waals surface area contributed by atoms with E-state index in [9.17, 15) is 9.59 Å². The number of rotatable bonds is 3. The number of amides is 1. The fourth-order valence-electron chi connectivity index (χ4n) is 4.31. The Bertz CT molecular complexity index is 895. The summed E-state index contributed by atoms with van der Waals surface area (Å²) in [5, 5.41) is 0.806. The molecule has 2 atom stereocenters. The smallest absolute Gasteiger partial charge is 0.259 e. The summed E-state index contributed by atoms with van der Waals surface area (Å²) in [6.07, 6.45) is 4.73. The van der Waals surface area contributed by atoms with Crippen LogP contribution in [0, 0.1) is 11.8 Å². The number of primary amides is 1. The lowest BCUT2D eigenvalue weighted by Crippen LogP contribution is -2.40. The Kier molecular flexibility index (Phi) is 4.61. The van der Waals surface area contributed by atoms with E-state index in [2.05, 4.69) is 23.7 Å². The second-order valence-electron chi connectivity index (χ2n) is 7.87. The molecule has 3 heterocycles. The average molecular weight is 375 g/mol. The number of aryl methyl sites for hydroxylation is 1. The van der Waals surface area contributed by atoms with E-state index in [-0.39, 0.29) is 23.4 Å². The number of nitrogens with two attached hydrogens (primary N) is 1. The number of carbonyl (C=O) groups excluding carboxylic acids is 1. The molecule has 0 unspecified atom stereocenters. The Morgan fingerprint density at radius 3 is 2.77 bits per heavy atom. The maximum absolute atomic E-state index is 12.8. The Morgan fingerprint density at radius 2 is 2.08 bits per heavy atom. The third kappa shape index (κ3) is 3.07. The highest BCUT2D eigenvalue weighted by atomic mass is 32.1. The summed E-state index contributed by atoms with van der Waals surface area (Å²) in [7, 11) is 0. The third-order valence-electron chi connectivity index (χ3n) is 6.06. The number of piperidine rings is 1. The van der Waals surface area contributed by atoms with Gasteiger partial charge in [-0.2, -0.15) is 0 Å². The van der Waals surface area contributed by atoms with Crippen LogP contribution in [0.2, 0.25) is 0 Å². The van der Waals surface area contributed by atoms with Gasteiger partial charge >= 0.3 is 0 Å². The third-order valence-corrected chi connectivity index (χ3v) is 7.21. The van der Waals surface area contributed by atoms with Crippen LogP contribution in [0.25, 0.3) is 10.2 Å². The molecule has 3 N–H and O–H groups in total. The van der Waals surface area contributed by atoms with Gasteiger partial charge in [-0.1, -0.05) is 6.92 Å². The van der Waals surface area contributed by atoms with Gasteiger partial charge in [-0.15, -0.1) is 11.3 Å². The van der Waals surface area contributed by atoms with Gasteiger partial charge in [-0.3, -0.25) is 14.5 Å². The minimum atomic E-state index is -0.205. The normalized spacial score (nSPS) is 23.1. The monoisotopic (exact) mass is 374 g/mol. The summed E-state index contributed by atoms with van der Waals surface area (Å²) in [6.45, 7) is 5.95. The molecule has 0 saturated carbocycles. The Morgan fingerprint density at radius 1 is 1.35 bits per heavy atom. The summed E-state index contributed by atoms with van der Waals surface area (Å²) in [6, 6.07) is 0.0268. The first-order valence-corrected chi connectivity index (χ1v) is 10.3. The van der Waals surface area contributed by atoms with Crippen molar-refractivity contribution >= 4 is 27.5 Å². The summed E-state index contributed by atoms with van der Waals surface area (Å²) >= 11 is 1.69. The number of nitrogens with zero attached hydrogens (tertiary/aromatic N) is 2. The number of aromatic amines is 1. The van der Waals surface area contributed by atoms with Crippen molar-refractivity contribution in [2.45, 2.75) is 52.0 Å². The first kappa shape index (κ1) is 17.7. The second kappa shape index (κ2) is 6.78. The van der Waals surface area contributed by atoms with Crippen molar-refractivity contribution in [2.75, 3.05) is 13.1 Å². The number of nitrogens with one attached hydrogen (secondary N) is 1. The van der Waals surface area contributed by atoms with Gasteiger partial charge in [0, 0.05) is 10.8 Å². The minimum absolute atomic E-state index is 0.00377. The van der Waals surface area contributed by atoms with Crippen molar-refractivity contribution in [2.24, 2.45) is 17.6 Å². The molecule has 4 rings (SSSR count). The molecule has 1 fully saturated rings. The van der Waals surface area contributed by atoms with Crippen molar-refractivity contribution in [3.63, 3.8) is 0 Å². The van der Waals surface area contributed by atoms with E-state index >= 15 is 0 Å². The van der Waals surface area contributed by atoms with E-state index in [1.165, 1.54) is 10.4 Å². The summed E-state index contributed by atoms with van der Waals surface area (Å²) < 4.78 is 0. The van der Waals surface area contributed by atoms with Crippen LogP contribution < -0.4 is 11.3 Å². The molecule has 140 valence electrons. The zero-order valence-corrected chi connectivity index (χ0v) is 16.2. The highest BCUT2D eigenvalue weighted by Crippen LogP contribution is 2.36. The Balaban J connectivity index is 1.61. The van der Waals surface area contributed by atoms with Gasteiger partial charge in [0.2, 0.25) is 5.91 Å². The molecule has 0 spiro atoms. The van der Waals surface area contributed by atoms with Crippen LogP contribution in [0.5, 0.6) is 0 Å². The lowest BCUT2D eigenvalue weighted by Gasteiger charge is -2.34. The molecule has 26 heavy (non-hydrogen) atoms. The van der Waals surface area contributed by atoms with E-state index in [1.807, 2.05) is 0 Å². The number of H-pyrrole nitrogens is 1. The van der Waals surface area contributed by atoms with Crippen LogP contribution in [-0.2, 0) is 17.6 Å². The van der Waals surface area contributed by atoms with Gasteiger partial charge in [0.05, 0.1) is 11.4 Å². The zero-order chi connectivity index (χ0) is 18.4. The molecule has 1 aliphatic carbocycles. The van der Waals surface area contributed by atoms with Crippen molar-refractivity contribution in [1.82, 2.24) is 14.9 Å². The number of carbonyl (C=O) groups is 1. The standard InChI is InChI=1S/C19H26N4O2S/c1-10-3-4-13-14(9-10)26-19-15(13)18(25)21-17(22-19)11(2)23-7-5-12(6-8-23)16(20)24/h10-12H,3-9H2,1-2H3,(H2,20,24)(H,21,22,25)/t10-,11+/m1/s1. The topological polar surface area (TPSA) is 92.1 Å². The molecule has 0 radical (unpaired) electrons. The largest absolute Gasteiger partial charge is 0.369 e. The van der Waals surface area contributed by atoms with Crippen molar-refractivity contribution in [1.29, 1.82) is 0 Å². The fraction of sp³-hybridized carbons (Fsp3) is 0.632. The zero-order valence-electron chi connectivity index (χ0n) is 15.4. The van der Waals surface area contributed by atoms with Gasteiger partial charge in [-0.25, -0.2) is 4.98 Å². The second-order valence-corrected chi connectivity index (χ2v) is 8.96. The molecule has 6 nitrogen and oxygen atoms in total. The number of aromatic nitrogens is 2. The van der Waals surface area contributed by atoms with Gasteiger partial charge in [0.15, 0.2) is 0 Å². The quantitative estimate of drug-likeness (QED) is 0.863. The van der Waals surface area contributed by atoms with E-state index in [1.54, 1.807) is 11.3 Å². The fourth-order valence-corrected chi connectivity index (χ4v) is 5.70. The van der Waals surface area contributed by atoms with Gasteiger partial charge in [-0.05, 0) is 63.6 Å². The van der Waals surface area contributed by atoms with Crippen molar-refractivity contribution < 1.29 is 4.79 Å². The molecule has 7 heteroatoms. The van der Waals surface area contributed by atoms with E-state index in [4.69, 9.17) is 10.7 Å². The average Bonchev–Trinajstić information content (AvgIpc) is 2.98. The van der Waals surface area contributed by atoms with E-state index in [0.29, 0.717) is 5.92 Å². The van der Waals surface area contributed by atoms with Crippen LogP contribution in [0.4, 0.5) is 0 Å². The highest BCUT2D eigenvalue weighted by Gasteiger charge is 2.28. The molecule has 0 aromatic carbocycles. The summed E-state index contributed by atoms with van der Waals surface area (Å²) in [4.78, 5) is 36.5. The van der Waals surface area contributed by atoms with Gasteiger partial charge in [0.1, 0.15) is 10.7 Å². The molecule has 1 aliphatic heterocycles. The molecule has 1 saturated heterocycles. The lowest BCUT2D eigenvalue weighted by molar-refractivity contribution is -0.123. The predicted molar refractivity (Wildman–Crippen MR) is 103 cm³/mol. The van der Waals surface area contributed by atoms with Crippen LogP contribution in [0.3, 0.4) is 0 Å². The van der Waals surface area contributed by atoms with Crippen molar-refractivity contribution in [3.05, 3.63) is 26.6 Å². The maximum Gasteiger partial charge on any atom is 0.259 e. The molecule has 2 aromatic rings. The number of fused-ring (bicyclic) bond motifs is 3. The molecular weight excluding hydrogens is 348 g/mol.